The minimum absolute atomic E-state index is 0.331. The predicted octanol–water partition coefficient (Wildman–Crippen LogP) is 4.23. The van der Waals surface area contributed by atoms with Crippen molar-refractivity contribution in [3.8, 4) is 0 Å². The molecule has 0 bridgehead atoms. The molecule has 0 saturated carbocycles. The number of aromatic nitrogens is 4. The molecule has 7 heteroatoms. The van der Waals surface area contributed by atoms with E-state index in [0.717, 1.165) is 65.4 Å². The van der Waals surface area contributed by atoms with Crippen LogP contribution in [0.5, 0.6) is 0 Å². The molecular weight excluding hydrogens is 414 g/mol. The molecule has 0 amide bonds. The Bertz CT molecular complexity index is 1010. The molecule has 2 aliphatic rings. The lowest BCUT2D eigenvalue weighted by molar-refractivity contribution is 0.231. The fraction of sp³-hybridized carbons (Fsp3) is 0.421. The Balaban J connectivity index is 1.40. The van der Waals surface area contributed by atoms with Gasteiger partial charge < -0.3 is 4.90 Å². The third-order valence-corrected chi connectivity index (χ3v) is 7.00. The van der Waals surface area contributed by atoms with E-state index < -0.39 is 0 Å². The number of anilines is 1. The molecule has 1 fully saturated rings. The topological polar surface area (TPSA) is 46.3 Å². The van der Waals surface area contributed by atoms with Crippen molar-refractivity contribution in [2.24, 2.45) is 5.41 Å². The van der Waals surface area contributed by atoms with E-state index in [1.54, 1.807) is 6.20 Å². The van der Waals surface area contributed by atoms with Gasteiger partial charge in [-0.2, -0.15) is 5.10 Å². The van der Waals surface area contributed by atoms with Crippen molar-refractivity contribution < 1.29 is 0 Å². The number of hydrogen-bond donors (Lipinski definition) is 0. The molecule has 1 aliphatic carbocycles. The van der Waals surface area contributed by atoms with E-state index in [4.69, 9.17) is 16.6 Å². The first-order valence-corrected chi connectivity index (χ1v) is 10.1. The molecule has 1 spiro atoms. The van der Waals surface area contributed by atoms with Crippen molar-refractivity contribution in [3.05, 3.63) is 51.1 Å². The zero-order valence-corrected chi connectivity index (χ0v) is 16.9. The van der Waals surface area contributed by atoms with Gasteiger partial charge in [0.1, 0.15) is 10.1 Å². The maximum absolute atomic E-state index is 6.14. The monoisotopic (exact) mass is 431 g/mol. The average molecular weight is 433 g/mol. The van der Waals surface area contributed by atoms with Crippen LogP contribution < -0.4 is 4.90 Å². The second-order valence-corrected chi connectivity index (χ2v) is 8.73. The second-order valence-electron chi connectivity index (χ2n) is 7.54. The van der Waals surface area contributed by atoms with E-state index in [2.05, 4.69) is 37.0 Å². The third-order valence-electron chi connectivity index (χ3n) is 5.89. The highest BCUT2D eigenvalue weighted by Crippen LogP contribution is 2.45. The molecule has 0 aromatic carbocycles. The first-order valence-electron chi connectivity index (χ1n) is 8.93. The Morgan fingerprint density at radius 2 is 2.04 bits per heavy atom. The fourth-order valence-electron chi connectivity index (χ4n) is 4.47. The van der Waals surface area contributed by atoms with Gasteiger partial charge in [0, 0.05) is 25.0 Å². The van der Waals surface area contributed by atoms with E-state index in [0.29, 0.717) is 5.41 Å². The average Bonchev–Trinajstić information content (AvgIpc) is 3.24. The number of piperidine rings is 1. The number of pyridine rings is 1. The number of halogens is 2. The zero-order chi connectivity index (χ0) is 17.9. The summed E-state index contributed by atoms with van der Waals surface area (Å²) in [6, 6.07) is 4.13. The highest BCUT2D eigenvalue weighted by molar-refractivity contribution is 9.10. The Hall–Kier alpha value is -1.66. The van der Waals surface area contributed by atoms with Crippen molar-refractivity contribution in [3.63, 3.8) is 0 Å². The van der Waals surface area contributed by atoms with Crippen molar-refractivity contribution >= 4 is 38.9 Å². The zero-order valence-electron chi connectivity index (χ0n) is 14.5. The van der Waals surface area contributed by atoms with Crippen molar-refractivity contribution in [2.45, 2.75) is 32.6 Å². The number of nitrogens with zero attached hydrogens (tertiary/aromatic N) is 5. The van der Waals surface area contributed by atoms with Crippen LogP contribution in [-0.2, 0) is 12.8 Å². The number of hydrogen-bond acceptors (Lipinski definition) is 4. The highest BCUT2D eigenvalue weighted by Gasteiger charge is 2.41. The summed E-state index contributed by atoms with van der Waals surface area (Å²) in [4.78, 5) is 11.8. The van der Waals surface area contributed by atoms with E-state index in [9.17, 15) is 0 Å². The number of aryl methyl sites for hydroxylation is 1. The third kappa shape index (κ3) is 2.54. The largest absolute Gasteiger partial charge is 0.355 e. The van der Waals surface area contributed by atoms with Crippen molar-refractivity contribution in [1.29, 1.82) is 0 Å². The van der Waals surface area contributed by atoms with Gasteiger partial charge in [-0.15, -0.1) is 0 Å². The Labute approximate surface area is 165 Å². The molecule has 26 heavy (non-hydrogen) atoms. The van der Waals surface area contributed by atoms with Gasteiger partial charge >= 0.3 is 0 Å². The molecule has 1 aliphatic heterocycles. The summed E-state index contributed by atoms with van der Waals surface area (Å²) in [6.45, 7) is 4.04. The lowest BCUT2D eigenvalue weighted by Crippen LogP contribution is -2.41. The van der Waals surface area contributed by atoms with Gasteiger partial charge in [0.05, 0.1) is 16.9 Å². The number of fused-ring (bicyclic) bond motifs is 2. The van der Waals surface area contributed by atoms with E-state index in [1.165, 1.54) is 11.3 Å². The quantitative estimate of drug-likeness (QED) is 0.577. The lowest BCUT2D eigenvalue weighted by Gasteiger charge is -2.40. The van der Waals surface area contributed by atoms with Gasteiger partial charge in [0.15, 0.2) is 5.82 Å². The molecule has 3 aromatic heterocycles. The first kappa shape index (κ1) is 16.5. The summed E-state index contributed by atoms with van der Waals surface area (Å²) < 4.78 is 2.85. The minimum Gasteiger partial charge on any atom is -0.355 e. The van der Waals surface area contributed by atoms with Crippen LogP contribution in [-0.4, -0.2) is 32.7 Å². The Kier molecular flexibility index (Phi) is 3.76. The minimum atomic E-state index is 0.331. The molecular formula is C19H19BrClN5. The molecule has 134 valence electrons. The van der Waals surface area contributed by atoms with Crippen molar-refractivity contribution in [2.75, 3.05) is 18.0 Å². The summed E-state index contributed by atoms with van der Waals surface area (Å²) in [5.74, 6) is 1.04. The molecule has 1 saturated heterocycles. The summed E-state index contributed by atoms with van der Waals surface area (Å²) in [5.41, 5.74) is 4.92. The summed E-state index contributed by atoms with van der Waals surface area (Å²) in [6.07, 6.45) is 8.08. The van der Waals surface area contributed by atoms with Crippen LogP contribution >= 0.6 is 27.5 Å². The summed E-state index contributed by atoms with van der Waals surface area (Å²) in [5, 5.41) is 5.17. The van der Waals surface area contributed by atoms with Crippen LogP contribution in [0.1, 0.15) is 29.8 Å². The highest BCUT2D eigenvalue weighted by atomic mass is 79.9. The molecule has 5 nitrogen and oxygen atoms in total. The van der Waals surface area contributed by atoms with E-state index in [1.807, 2.05) is 23.7 Å². The molecule has 5 rings (SSSR count). The van der Waals surface area contributed by atoms with Crippen LogP contribution in [0.2, 0.25) is 5.02 Å². The predicted molar refractivity (Wildman–Crippen MR) is 106 cm³/mol. The maximum atomic E-state index is 6.14. The van der Waals surface area contributed by atoms with Crippen molar-refractivity contribution in [1.82, 2.24) is 19.6 Å². The lowest BCUT2D eigenvalue weighted by atomic mass is 9.76. The van der Waals surface area contributed by atoms with Gasteiger partial charge in [-0.25, -0.2) is 9.50 Å². The molecule has 0 atom stereocenters. The maximum Gasteiger partial charge on any atom is 0.155 e. The molecule has 0 radical (unpaired) electrons. The standard InChI is InChI=1S/C19H19BrClN5/c1-12-17(20)26-16(2-5-23-26)18(24-12)25-6-3-19(4-7-25)9-13-8-14(21)11-22-15(13)10-19/h2,5,8,11H,3-4,6-7,9-10H2,1H3. The van der Waals surface area contributed by atoms with Crippen LogP contribution in [0, 0.1) is 12.3 Å². The Morgan fingerprint density at radius 1 is 1.23 bits per heavy atom. The van der Waals surface area contributed by atoms with E-state index >= 15 is 0 Å². The van der Waals surface area contributed by atoms with Gasteiger partial charge in [-0.1, -0.05) is 11.6 Å². The summed E-state index contributed by atoms with van der Waals surface area (Å²) in [7, 11) is 0. The molecule has 0 N–H and O–H groups in total. The van der Waals surface area contributed by atoms with Gasteiger partial charge in [-0.05, 0) is 71.6 Å². The van der Waals surface area contributed by atoms with Gasteiger partial charge in [-0.3, -0.25) is 4.98 Å². The van der Waals surface area contributed by atoms with Crippen LogP contribution in [0.3, 0.4) is 0 Å². The van der Waals surface area contributed by atoms with Crippen LogP contribution in [0.15, 0.2) is 29.1 Å². The van der Waals surface area contributed by atoms with Crippen LogP contribution in [0.4, 0.5) is 5.82 Å². The first-order chi connectivity index (χ1) is 12.5. The molecule has 3 aromatic rings. The number of rotatable bonds is 1. The Morgan fingerprint density at radius 3 is 2.85 bits per heavy atom. The molecule has 4 heterocycles. The van der Waals surface area contributed by atoms with Crippen LogP contribution in [0.25, 0.3) is 5.52 Å². The van der Waals surface area contributed by atoms with Gasteiger partial charge in [0.2, 0.25) is 0 Å². The fourth-order valence-corrected chi connectivity index (χ4v) is 5.02. The smallest absolute Gasteiger partial charge is 0.155 e. The second kappa shape index (κ2) is 5.92. The van der Waals surface area contributed by atoms with Gasteiger partial charge in [0.25, 0.3) is 0 Å². The summed E-state index contributed by atoms with van der Waals surface area (Å²) >= 11 is 9.73. The molecule has 0 unspecified atom stereocenters. The van der Waals surface area contributed by atoms with E-state index in [-0.39, 0.29) is 0 Å². The normalized spacial score (nSPS) is 18.7. The SMILES string of the molecule is Cc1nc(N2CCC3(CC2)Cc2cc(Cl)cnc2C3)c2ccnn2c1Br.